The molecule has 4 nitrogen and oxygen atoms in total. The molecular weight excluding hydrogens is 248 g/mol. The predicted molar refractivity (Wildman–Crippen MR) is 86.7 cm³/mol. The monoisotopic (exact) mass is 266 g/mol. The number of hydrogen-bond acceptors (Lipinski definition) is 4. The Morgan fingerprint density at radius 3 is 1.35 bits per heavy atom. The molecule has 0 aromatic heterocycles. The van der Waals surface area contributed by atoms with Crippen molar-refractivity contribution in [3.05, 3.63) is 60.7 Å². The van der Waals surface area contributed by atoms with Crippen molar-refractivity contribution < 1.29 is 0 Å². The normalized spacial score (nSPS) is 11.1. The summed E-state index contributed by atoms with van der Waals surface area (Å²) in [4.78, 5) is 0. The maximum absolute atomic E-state index is 4.29. The smallest absolute Gasteiger partial charge is 0.0675 e. The van der Waals surface area contributed by atoms with Gasteiger partial charge in [-0.15, -0.1) is 0 Å². The second-order valence-corrected chi connectivity index (χ2v) is 4.25. The Labute approximate surface area is 119 Å². The van der Waals surface area contributed by atoms with Gasteiger partial charge in [0, 0.05) is 14.1 Å². The van der Waals surface area contributed by atoms with E-state index >= 15 is 0 Å². The number of benzene rings is 2. The molecule has 2 rings (SSSR count). The van der Waals surface area contributed by atoms with Crippen LogP contribution >= 0.6 is 0 Å². The molecule has 0 spiro atoms. The van der Waals surface area contributed by atoms with Crippen LogP contribution in [-0.4, -0.2) is 26.5 Å². The number of hydrazone groups is 2. The van der Waals surface area contributed by atoms with Crippen LogP contribution in [0.15, 0.2) is 70.9 Å². The van der Waals surface area contributed by atoms with E-state index in [-0.39, 0.29) is 0 Å². The van der Waals surface area contributed by atoms with Gasteiger partial charge in [-0.2, -0.15) is 10.2 Å². The lowest BCUT2D eigenvalue weighted by atomic mass is 10.3. The summed E-state index contributed by atoms with van der Waals surface area (Å²) in [6.45, 7) is 0. The highest BCUT2D eigenvalue weighted by atomic mass is 15.4. The highest BCUT2D eigenvalue weighted by Gasteiger charge is 1.95. The fraction of sp³-hybridized carbons (Fsp3) is 0.125. The third-order valence-corrected chi connectivity index (χ3v) is 2.81. The van der Waals surface area contributed by atoms with Crippen molar-refractivity contribution in [2.45, 2.75) is 0 Å². The Morgan fingerprint density at radius 2 is 1.00 bits per heavy atom. The van der Waals surface area contributed by atoms with Gasteiger partial charge in [0.25, 0.3) is 0 Å². The summed E-state index contributed by atoms with van der Waals surface area (Å²) in [7, 11) is 3.81. The van der Waals surface area contributed by atoms with Crippen LogP contribution in [0.5, 0.6) is 0 Å². The van der Waals surface area contributed by atoms with Crippen molar-refractivity contribution in [2.24, 2.45) is 10.2 Å². The zero-order chi connectivity index (χ0) is 14.2. The average Bonchev–Trinajstić information content (AvgIpc) is 2.53. The van der Waals surface area contributed by atoms with E-state index < -0.39 is 0 Å². The lowest BCUT2D eigenvalue weighted by Crippen LogP contribution is -2.10. The van der Waals surface area contributed by atoms with Crippen LogP contribution in [0.25, 0.3) is 0 Å². The van der Waals surface area contributed by atoms with Crippen LogP contribution in [0.2, 0.25) is 0 Å². The van der Waals surface area contributed by atoms with Gasteiger partial charge in [-0.1, -0.05) is 36.4 Å². The molecule has 0 unspecified atom stereocenters. The maximum atomic E-state index is 4.29. The quantitative estimate of drug-likeness (QED) is 0.614. The number of para-hydroxylation sites is 2. The van der Waals surface area contributed by atoms with Gasteiger partial charge in [0.2, 0.25) is 0 Å². The molecule has 0 saturated heterocycles. The zero-order valence-corrected chi connectivity index (χ0v) is 11.7. The fourth-order valence-corrected chi connectivity index (χ4v) is 1.68. The molecule has 20 heavy (non-hydrogen) atoms. The predicted octanol–water partition coefficient (Wildman–Crippen LogP) is 3.23. The summed E-state index contributed by atoms with van der Waals surface area (Å²) in [6, 6.07) is 19.9. The van der Waals surface area contributed by atoms with E-state index in [0.717, 1.165) is 11.4 Å². The van der Waals surface area contributed by atoms with Crippen molar-refractivity contribution in [3.63, 3.8) is 0 Å². The molecule has 0 radical (unpaired) electrons. The number of hydrogen-bond donors (Lipinski definition) is 0. The van der Waals surface area contributed by atoms with Crippen molar-refractivity contribution in [2.75, 3.05) is 24.1 Å². The van der Waals surface area contributed by atoms with Crippen LogP contribution in [0.4, 0.5) is 11.4 Å². The SMILES string of the molecule is CN(/N=C\C=N/N(C)c1ccccc1)c1ccccc1. The first-order valence-corrected chi connectivity index (χ1v) is 6.41. The molecular formula is C16H18N4. The van der Waals surface area contributed by atoms with Crippen molar-refractivity contribution in [3.8, 4) is 0 Å². The van der Waals surface area contributed by atoms with Gasteiger partial charge in [0.15, 0.2) is 0 Å². The molecule has 4 heteroatoms. The summed E-state index contributed by atoms with van der Waals surface area (Å²) < 4.78 is 0. The molecule has 0 fully saturated rings. The molecule has 0 N–H and O–H groups in total. The second-order valence-electron chi connectivity index (χ2n) is 4.25. The standard InChI is InChI=1S/C16H18N4/c1-19(15-9-5-3-6-10-15)17-13-14-18-20(2)16-11-7-4-8-12-16/h3-14H,1-2H3/b17-13-,18-14-. The van der Waals surface area contributed by atoms with E-state index in [2.05, 4.69) is 10.2 Å². The first-order valence-electron chi connectivity index (χ1n) is 6.41. The molecule has 102 valence electrons. The fourth-order valence-electron chi connectivity index (χ4n) is 1.68. The van der Waals surface area contributed by atoms with Crippen molar-refractivity contribution >= 4 is 23.8 Å². The molecule has 2 aromatic carbocycles. The Morgan fingerprint density at radius 1 is 0.650 bits per heavy atom. The summed E-state index contributed by atoms with van der Waals surface area (Å²) in [6.07, 6.45) is 3.35. The van der Waals surface area contributed by atoms with Gasteiger partial charge in [0.05, 0.1) is 23.8 Å². The van der Waals surface area contributed by atoms with Gasteiger partial charge < -0.3 is 0 Å². The highest BCUT2D eigenvalue weighted by Crippen LogP contribution is 2.11. The molecule has 0 bridgehead atoms. The van der Waals surface area contributed by atoms with E-state index in [9.17, 15) is 0 Å². The first kappa shape index (κ1) is 13.8. The zero-order valence-electron chi connectivity index (χ0n) is 11.7. The summed E-state index contributed by atoms with van der Waals surface area (Å²) in [5.41, 5.74) is 2.07. The lowest BCUT2D eigenvalue weighted by molar-refractivity contribution is 1.02. The molecule has 0 amide bonds. The Kier molecular flexibility index (Phi) is 4.89. The Balaban J connectivity index is 1.91. The highest BCUT2D eigenvalue weighted by molar-refractivity contribution is 6.16. The van der Waals surface area contributed by atoms with Crippen LogP contribution in [0.1, 0.15) is 0 Å². The topological polar surface area (TPSA) is 31.2 Å². The van der Waals surface area contributed by atoms with Crippen LogP contribution in [0.3, 0.4) is 0 Å². The van der Waals surface area contributed by atoms with E-state index in [1.807, 2.05) is 74.8 Å². The largest absolute Gasteiger partial charge is 0.269 e. The van der Waals surface area contributed by atoms with Crippen LogP contribution in [0, 0.1) is 0 Å². The second kappa shape index (κ2) is 7.09. The van der Waals surface area contributed by atoms with E-state index in [1.165, 1.54) is 0 Å². The van der Waals surface area contributed by atoms with Gasteiger partial charge >= 0.3 is 0 Å². The van der Waals surface area contributed by atoms with Crippen LogP contribution < -0.4 is 10.0 Å². The molecule has 0 atom stereocenters. The molecule has 0 heterocycles. The number of anilines is 2. The Bertz CT molecular complexity index is 510. The lowest BCUT2D eigenvalue weighted by Gasteiger charge is -2.12. The van der Waals surface area contributed by atoms with Gasteiger partial charge in [-0.3, -0.25) is 10.0 Å². The van der Waals surface area contributed by atoms with Crippen LogP contribution in [-0.2, 0) is 0 Å². The van der Waals surface area contributed by atoms with Gasteiger partial charge in [-0.05, 0) is 24.3 Å². The summed E-state index contributed by atoms with van der Waals surface area (Å²) in [5.74, 6) is 0. The number of rotatable bonds is 5. The molecule has 2 aromatic rings. The van der Waals surface area contributed by atoms with Crippen molar-refractivity contribution in [1.82, 2.24) is 0 Å². The van der Waals surface area contributed by atoms with E-state index in [4.69, 9.17) is 0 Å². The average molecular weight is 266 g/mol. The van der Waals surface area contributed by atoms with E-state index in [1.54, 1.807) is 22.4 Å². The minimum absolute atomic E-state index is 1.04. The van der Waals surface area contributed by atoms with Gasteiger partial charge in [-0.25, -0.2) is 0 Å². The van der Waals surface area contributed by atoms with E-state index in [0.29, 0.717) is 0 Å². The Hall–Kier alpha value is -2.62. The third-order valence-electron chi connectivity index (χ3n) is 2.81. The van der Waals surface area contributed by atoms with Crippen molar-refractivity contribution in [1.29, 1.82) is 0 Å². The summed E-state index contributed by atoms with van der Waals surface area (Å²) >= 11 is 0. The molecule has 0 aliphatic heterocycles. The van der Waals surface area contributed by atoms with Gasteiger partial charge in [0.1, 0.15) is 0 Å². The maximum Gasteiger partial charge on any atom is 0.0675 e. The summed E-state index contributed by atoms with van der Waals surface area (Å²) in [5, 5.41) is 12.2. The molecule has 0 saturated carbocycles. The number of nitrogens with zero attached hydrogens (tertiary/aromatic N) is 4. The minimum Gasteiger partial charge on any atom is -0.269 e. The minimum atomic E-state index is 1.04. The molecule has 0 aliphatic rings. The first-order chi connectivity index (χ1) is 9.77. The third kappa shape index (κ3) is 3.95. The molecule has 0 aliphatic carbocycles.